The normalized spacial score (nSPS) is 11.9. The number of nitrogen functional groups attached to an aromatic ring is 1. The van der Waals surface area contributed by atoms with Crippen molar-refractivity contribution in [3.8, 4) is 0 Å². The van der Waals surface area contributed by atoms with Crippen molar-refractivity contribution in [1.82, 2.24) is 15.3 Å². The third-order valence-electron chi connectivity index (χ3n) is 2.68. The Morgan fingerprint density at radius 2 is 2.26 bits per heavy atom. The van der Waals surface area contributed by atoms with Crippen molar-refractivity contribution in [2.24, 2.45) is 0 Å². The standard InChI is InChI=1S/C13H13ClN4O/c1-8(9-3-2-4-16-6-9)18-13(19)10-5-12(14)17-7-11(10)15/h2-8H,15H2,1H3,(H,18,19). The molecule has 0 fully saturated rings. The van der Waals surface area contributed by atoms with Crippen molar-refractivity contribution in [2.45, 2.75) is 13.0 Å². The zero-order chi connectivity index (χ0) is 13.8. The fourth-order valence-electron chi connectivity index (χ4n) is 1.63. The molecule has 2 aromatic heterocycles. The summed E-state index contributed by atoms with van der Waals surface area (Å²) >= 11 is 5.76. The highest BCUT2D eigenvalue weighted by Gasteiger charge is 2.14. The number of amides is 1. The molecule has 0 aliphatic heterocycles. The van der Waals surface area contributed by atoms with Crippen LogP contribution in [-0.4, -0.2) is 15.9 Å². The lowest BCUT2D eigenvalue weighted by atomic mass is 10.1. The van der Waals surface area contributed by atoms with E-state index < -0.39 is 0 Å². The lowest BCUT2D eigenvalue weighted by Crippen LogP contribution is -2.27. The van der Waals surface area contributed by atoms with Crippen molar-refractivity contribution >= 4 is 23.2 Å². The monoisotopic (exact) mass is 276 g/mol. The van der Waals surface area contributed by atoms with Gasteiger partial charge in [-0.1, -0.05) is 17.7 Å². The fourth-order valence-corrected chi connectivity index (χ4v) is 1.78. The van der Waals surface area contributed by atoms with E-state index in [9.17, 15) is 4.79 Å². The van der Waals surface area contributed by atoms with E-state index in [1.165, 1.54) is 12.3 Å². The zero-order valence-corrected chi connectivity index (χ0v) is 11.1. The molecule has 98 valence electrons. The summed E-state index contributed by atoms with van der Waals surface area (Å²) in [5.74, 6) is -0.293. The molecule has 19 heavy (non-hydrogen) atoms. The summed E-state index contributed by atoms with van der Waals surface area (Å²) in [6.07, 6.45) is 4.75. The molecule has 2 rings (SSSR count). The summed E-state index contributed by atoms with van der Waals surface area (Å²) in [6.45, 7) is 1.87. The van der Waals surface area contributed by atoms with Crippen LogP contribution in [-0.2, 0) is 0 Å². The van der Waals surface area contributed by atoms with Gasteiger partial charge in [-0.25, -0.2) is 4.98 Å². The van der Waals surface area contributed by atoms with Gasteiger partial charge in [0.15, 0.2) is 0 Å². The number of hydrogen-bond donors (Lipinski definition) is 2. The first kappa shape index (κ1) is 13.3. The highest BCUT2D eigenvalue weighted by molar-refractivity contribution is 6.29. The van der Waals surface area contributed by atoms with Crippen LogP contribution in [0.25, 0.3) is 0 Å². The molecule has 2 aromatic rings. The number of nitrogens with two attached hydrogens (primary N) is 1. The van der Waals surface area contributed by atoms with E-state index in [4.69, 9.17) is 17.3 Å². The highest BCUT2D eigenvalue weighted by atomic mass is 35.5. The Kier molecular flexibility index (Phi) is 3.97. The predicted molar refractivity (Wildman–Crippen MR) is 73.8 cm³/mol. The molecule has 0 radical (unpaired) electrons. The van der Waals surface area contributed by atoms with Crippen molar-refractivity contribution < 1.29 is 4.79 Å². The maximum atomic E-state index is 12.1. The second kappa shape index (κ2) is 5.67. The molecule has 0 saturated carbocycles. The maximum absolute atomic E-state index is 12.1. The summed E-state index contributed by atoms with van der Waals surface area (Å²) in [7, 11) is 0. The van der Waals surface area contributed by atoms with Gasteiger partial charge >= 0.3 is 0 Å². The summed E-state index contributed by atoms with van der Waals surface area (Å²) in [6, 6.07) is 4.98. The van der Waals surface area contributed by atoms with E-state index in [0.717, 1.165) is 5.56 Å². The van der Waals surface area contributed by atoms with Crippen LogP contribution in [0.5, 0.6) is 0 Å². The predicted octanol–water partition coefficient (Wildman–Crippen LogP) is 2.20. The molecule has 6 heteroatoms. The average molecular weight is 277 g/mol. The van der Waals surface area contributed by atoms with Gasteiger partial charge in [0.05, 0.1) is 23.5 Å². The molecule has 0 saturated heterocycles. The Labute approximate surface area is 115 Å². The van der Waals surface area contributed by atoms with Crippen molar-refractivity contribution in [1.29, 1.82) is 0 Å². The van der Waals surface area contributed by atoms with Gasteiger partial charge in [-0.15, -0.1) is 0 Å². The topological polar surface area (TPSA) is 80.9 Å². The van der Waals surface area contributed by atoms with E-state index in [0.29, 0.717) is 11.3 Å². The van der Waals surface area contributed by atoms with E-state index in [-0.39, 0.29) is 17.1 Å². The minimum absolute atomic E-state index is 0.174. The Morgan fingerprint density at radius 3 is 2.95 bits per heavy atom. The van der Waals surface area contributed by atoms with Crippen LogP contribution in [0.2, 0.25) is 5.15 Å². The third kappa shape index (κ3) is 3.20. The SMILES string of the molecule is CC(NC(=O)c1cc(Cl)ncc1N)c1cccnc1. The van der Waals surface area contributed by atoms with Crippen LogP contribution in [0.15, 0.2) is 36.8 Å². The maximum Gasteiger partial charge on any atom is 0.254 e. The van der Waals surface area contributed by atoms with E-state index in [1.807, 2.05) is 19.1 Å². The van der Waals surface area contributed by atoms with Crippen molar-refractivity contribution in [3.63, 3.8) is 0 Å². The van der Waals surface area contributed by atoms with Crippen LogP contribution in [0, 0.1) is 0 Å². The summed E-state index contributed by atoms with van der Waals surface area (Å²) in [5, 5.41) is 3.07. The van der Waals surface area contributed by atoms with Gasteiger partial charge in [-0.2, -0.15) is 0 Å². The molecule has 1 atom stereocenters. The van der Waals surface area contributed by atoms with Crippen LogP contribution < -0.4 is 11.1 Å². The number of rotatable bonds is 3. The first-order chi connectivity index (χ1) is 9.08. The molecule has 0 aliphatic rings. The van der Waals surface area contributed by atoms with Gasteiger partial charge in [0.25, 0.3) is 5.91 Å². The summed E-state index contributed by atoms with van der Waals surface area (Å²) in [5.41, 5.74) is 7.23. The lowest BCUT2D eigenvalue weighted by molar-refractivity contribution is 0.0940. The Bertz CT molecular complexity index is 588. The first-order valence-electron chi connectivity index (χ1n) is 5.69. The first-order valence-corrected chi connectivity index (χ1v) is 6.07. The molecule has 0 bridgehead atoms. The van der Waals surface area contributed by atoms with Gasteiger partial charge in [-0.3, -0.25) is 9.78 Å². The summed E-state index contributed by atoms with van der Waals surface area (Å²) in [4.78, 5) is 19.9. The van der Waals surface area contributed by atoms with Gasteiger partial charge in [0.2, 0.25) is 0 Å². The molecule has 2 heterocycles. The molecule has 1 amide bonds. The molecule has 5 nitrogen and oxygen atoms in total. The van der Waals surface area contributed by atoms with Gasteiger partial charge in [0.1, 0.15) is 5.15 Å². The van der Waals surface area contributed by atoms with E-state index in [2.05, 4.69) is 15.3 Å². The summed E-state index contributed by atoms with van der Waals surface area (Å²) < 4.78 is 0. The van der Waals surface area contributed by atoms with Crippen LogP contribution >= 0.6 is 11.6 Å². The number of hydrogen-bond acceptors (Lipinski definition) is 4. The average Bonchev–Trinajstić information content (AvgIpc) is 2.42. The second-order valence-electron chi connectivity index (χ2n) is 4.08. The number of carbonyl (C=O) groups is 1. The van der Waals surface area contributed by atoms with E-state index in [1.54, 1.807) is 12.4 Å². The molecule has 0 spiro atoms. The number of nitrogens with one attached hydrogen (secondary N) is 1. The van der Waals surface area contributed by atoms with Crippen molar-refractivity contribution in [3.05, 3.63) is 53.1 Å². The highest BCUT2D eigenvalue weighted by Crippen LogP contribution is 2.17. The number of pyridine rings is 2. The molecular weight excluding hydrogens is 264 g/mol. The van der Waals surface area contributed by atoms with E-state index >= 15 is 0 Å². The molecular formula is C13H13ClN4O. The fraction of sp³-hybridized carbons (Fsp3) is 0.154. The smallest absolute Gasteiger partial charge is 0.254 e. The molecule has 0 aliphatic carbocycles. The largest absolute Gasteiger partial charge is 0.397 e. The van der Waals surface area contributed by atoms with Crippen LogP contribution in [0.3, 0.4) is 0 Å². The third-order valence-corrected chi connectivity index (χ3v) is 2.88. The van der Waals surface area contributed by atoms with Gasteiger partial charge in [-0.05, 0) is 24.6 Å². The van der Waals surface area contributed by atoms with Gasteiger partial charge in [0, 0.05) is 12.4 Å². The Balaban J connectivity index is 2.15. The lowest BCUT2D eigenvalue weighted by Gasteiger charge is -2.14. The van der Waals surface area contributed by atoms with Crippen LogP contribution in [0.1, 0.15) is 28.9 Å². The molecule has 0 aromatic carbocycles. The number of anilines is 1. The number of carbonyl (C=O) groups excluding carboxylic acids is 1. The zero-order valence-electron chi connectivity index (χ0n) is 10.3. The molecule has 1 unspecified atom stereocenters. The minimum atomic E-state index is -0.293. The second-order valence-corrected chi connectivity index (χ2v) is 4.46. The van der Waals surface area contributed by atoms with Crippen molar-refractivity contribution in [2.75, 3.05) is 5.73 Å². The minimum Gasteiger partial charge on any atom is -0.397 e. The quantitative estimate of drug-likeness (QED) is 0.842. The number of nitrogens with zero attached hydrogens (tertiary/aromatic N) is 2. The van der Waals surface area contributed by atoms with Gasteiger partial charge < -0.3 is 11.1 Å². The Hall–Kier alpha value is -2.14. The Morgan fingerprint density at radius 1 is 1.47 bits per heavy atom. The number of aromatic nitrogens is 2. The number of halogens is 1. The van der Waals surface area contributed by atoms with Crippen LogP contribution in [0.4, 0.5) is 5.69 Å². The molecule has 3 N–H and O–H groups in total.